The molecule has 0 unspecified atom stereocenters. The molecule has 1 aliphatic rings. The van der Waals surface area contributed by atoms with Crippen molar-refractivity contribution in [1.82, 2.24) is 23.8 Å². The van der Waals surface area contributed by atoms with Crippen molar-refractivity contribution in [3.63, 3.8) is 0 Å². The van der Waals surface area contributed by atoms with Crippen LogP contribution in [0, 0.1) is 0 Å². The molecule has 2 aromatic rings. The topological polar surface area (TPSA) is 82.1 Å². The summed E-state index contributed by atoms with van der Waals surface area (Å²) in [5.74, 6) is 0. The molecule has 0 atom stereocenters. The van der Waals surface area contributed by atoms with Crippen molar-refractivity contribution in [2.75, 3.05) is 6.54 Å². The number of aryl methyl sites for hydroxylation is 1. The normalized spacial score (nSPS) is 14.7. The SMILES string of the molecule is Cn1nc2c(cc1=O)CN(Cc1cc(=O)n(C)c(=O)n1C)CC2. The number of nitrogens with zero attached hydrogens (tertiary/aromatic N) is 5. The lowest BCUT2D eigenvalue weighted by Gasteiger charge is -2.28. The predicted molar refractivity (Wildman–Crippen MR) is 84.2 cm³/mol. The van der Waals surface area contributed by atoms with E-state index in [1.165, 1.54) is 22.4 Å². The summed E-state index contributed by atoms with van der Waals surface area (Å²) in [6.07, 6.45) is 0.738. The van der Waals surface area contributed by atoms with Crippen LogP contribution in [-0.4, -0.2) is 30.4 Å². The fourth-order valence-electron chi connectivity index (χ4n) is 2.85. The quantitative estimate of drug-likeness (QED) is 0.690. The summed E-state index contributed by atoms with van der Waals surface area (Å²) in [7, 11) is 4.77. The fraction of sp³-hybridized carbons (Fsp3) is 0.467. The molecule has 2 aromatic heterocycles. The smallest absolute Gasteiger partial charge is 0.299 e. The van der Waals surface area contributed by atoms with Crippen LogP contribution in [0.5, 0.6) is 0 Å². The minimum Gasteiger partial charge on any atom is -0.299 e. The molecule has 0 saturated heterocycles. The Morgan fingerprint density at radius 3 is 2.52 bits per heavy atom. The van der Waals surface area contributed by atoms with Gasteiger partial charge in [-0.1, -0.05) is 0 Å². The van der Waals surface area contributed by atoms with Crippen LogP contribution in [0.4, 0.5) is 0 Å². The highest BCUT2D eigenvalue weighted by Crippen LogP contribution is 2.16. The molecule has 3 rings (SSSR count). The van der Waals surface area contributed by atoms with E-state index in [0.717, 1.165) is 28.8 Å². The van der Waals surface area contributed by atoms with Gasteiger partial charge in [0.2, 0.25) is 0 Å². The van der Waals surface area contributed by atoms with Crippen LogP contribution in [-0.2, 0) is 40.7 Å². The second kappa shape index (κ2) is 5.62. The zero-order chi connectivity index (χ0) is 16.7. The Morgan fingerprint density at radius 2 is 1.78 bits per heavy atom. The molecule has 0 aromatic carbocycles. The molecule has 0 N–H and O–H groups in total. The Hall–Kier alpha value is -2.48. The summed E-state index contributed by atoms with van der Waals surface area (Å²) in [4.78, 5) is 37.6. The van der Waals surface area contributed by atoms with Gasteiger partial charge in [0, 0.05) is 65.0 Å². The summed E-state index contributed by atoms with van der Waals surface area (Å²) in [6.45, 7) is 1.83. The minimum atomic E-state index is -0.333. The molecule has 3 heterocycles. The van der Waals surface area contributed by atoms with Crippen LogP contribution in [0.15, 0.2) is 26.5 Å². The summed E-state index contributed by atoms with van der Waals surface area (Å²) in [5.41, 5.74) is 1.73. The van der Waals surface area contributed by atoms with Crippen LogP contribution in [0.1, 0.15) is 17.0 Å². The fourth-order valence-corrected chi connectivity index (χ4v) is 2.85. The average molecular weight is 317 g/mol. The maximum atomic E-state index is 12.0. The number of hydrogen-bond acceptors (Lipinski definition) is 5. The van der Waals surface area contributed by atoms with E-state index in [4.69, 9.17) is 0 Å². The van der Waals surface area contributed by atoms with Crippen LogP contribution in [0.2, 0.25) is 0 Å². The van der Waals surface area contributed by atoms with Crippen LogP contribution >= 0.6 is 0 Å². The van der Waals surface area contributed by atoms with Crippen molar-refractivity contribution in [2.24, 2.45) is 21.1 Å². The molecule has 1 aliphatic heterocycles. The average Bonchev–Trinajstić information content (AvgIpc) is 2.52. The molecule has 8 heteroatoms. The molecule has 0 fully saturated rings. The number of rotatable bonds is 2. The summed E-state index contributed by atoms with van der Waals surface area (Å²) in [6, 6.07) is 3.09. The molecular weight excluding hydrogens is 298 g/mol. The Balaban J connectivity index is 1.89. The van der Waals surface area contributed by atoms with Crippen LogP contribution in [0.3, 0.4) is 0 Å². The van der Waals surface area contributed by atoms with E-state index in [1.54, 1.807) is 20.2 Å². The van der Waals surface area contributed by atoms with Crippen molar-refractivity contribution in [3.05, 3.63) is 60.3 Å². The largest absolute Gasteiger partial charge is 0.330 e. The van der Waals surface area contributed by atoms with Crippen molar-refractivity contribution in [1.29, 1.82) is 0 Å². The van der Waals surface area contributed by atoms with Crippen LogP contribution in [0.25, 0.3) is 0 Å². The predicted octanol–water partition coefficient (Wildman–Crippen LogP) is -1.26. The molecule has 0 spiro atoms. The molecule has 122 valence electrons. The Labute approximate surface area is 132 Å². The maximum Gasteiger partial charge on any atom is 0.330 e. The minimum absolute atomic E-state index is 0.133. The van der Waals surface area contributed by atoms with Gasteiger partial charge in [-0.15, -0.1) is 0 Å². The van der Waals surface area contributed by atoms with Gasteiger partial charge in [0.1, 0.15) is 0 Å². The van der Waals surface area contributed by atoms with E-state index in [1.807, 2.05) is 0 Å². The summed E-state index contributed by atoms with van der Waals surface area (Å²) >= 11 is 0. The molecule has 0 radical (unpaired) electrons. The van der Waals surface area contributed by atoms with E-state index in [0.29, 0.717) is 18.8 Å². The monoisotopic (exact) mass is 317 g/mol. The van der Waals surface area contributed by atoms with Gasteiger partial charge in [-0.3, -0.25) is 23.6 Å². The van der Waals surface area contributed by atoms with Gasteiger partial charge < -0.3 is 0 Å². The van der Waals surface area contributed by atoms with E-state index < -0.39 is 0 Å². The van der Waals surface area contributed by atoms with Gasteiger partial charge in [0.15, 0.2) is 0 Å². The van der Waals surface area contributed by atoms with Crippen molar-refractivity contribution < 1.29 is 0 Å². The Bertz CT molecular complexity index is 938. The second-order valence-corrected chi connectivity index (χ2v) is 5.91. The first-order valence-corrected chi connectivity index (χ1v) is 7.41. The third-order valence-corrected chi connectivity index (χ3v) is 4.33. The third-order valence-electron chi connectivity index (χ3n) is 4.33. The van der Waals surface area contributed by atoms with E-state index in [-0.39, 0.29) is 16.8 Å². The first-order chi connectivity index (χ1) is 10.9. The number of hydrogen-bond donors (Lipinski definition) is 0. The molecule has 0 amide bonds. The van der Waals surface area contributed by atoms with Gasteiger partial charge >= 0.3 is 5.69 Å². The van der Waals surface area contributed by atoms with Crippen molar-refractivity contribution >= 4 is 0 Å². The summed E-state index contributed by atoms with van der Waals surface area (Å²) < 4.78 is 3.92. The lowest BCUT2D eigenvalue weighted by molar-refractivity contribution is 0.234. The lowest BCUT2D eigenvalue weighted by Crippen LogP contribution is -2.40. The Kier molecular flexibility index (Phi) is 3.77. The van der Waals surface area contributed by atoms with Gasteiger partial charge in [0.25, 0.3) is 11.1 Å². The van der Waals surface area contributed by atoms with Gasteiger partial charge in [-0.2, -0.15) is 5.10 Å². The third kappa shape index (κ3) is 2.77. The summed E-state index contributed by atoms with van der Waals surface area (Å²) in [5, 5.41) is 4.28. The molecule has 23 heavy (non-hydrogen) atoms. The highest BCUT2D eigenvalue weighted by atomic mass is 16.2. The molecule has 0 saturated carbocycles. The lowest BCUT2D eigenvalue weighted by atomic mass is 10.1. The van der Waals surface area contributed by atoms with E-state index >= 15 is 0 Å². The second-order valence-electron chi connectivity index (χ2n) is 5.91. The number of fused-ring (bicyclic) bond motifs is 1. The highest BCUT2D eigenvalue weighted by Gasteiger charge is 2.20. The van der Waals surface area contributed by atoms with Crippen LogP contribution < -0.4 is 16.8 Å². The molecule has 0 aliphatic carbocycles. The first-order valence-electron chi connectivity index (χ1n) is 7.41. The van der Waals surface area contributed by atoms with E-state index in [9.17, 15) is 14.4 Å². The zero-order valence-corrected chi connectivity index (χ0v) is 13.4. The van der Waals surface area contributed by atoms with E-state index in [2.05, 4.69) is 10.00 Å². The molecular formula is C15H19N5O3. The molecule has 8 nitrogen and oxygen atoms in total. The highest BCUT2D eigenvalue weighted by molar-refractivity contribution is 5.20. The molecule has 0 bridgehead atoms. The van der Waals surface area contributed by atoms with Crippen molar-refractivity contribution in [2.45, 2.75) is 19.5 Å². The number of aromatic nitrogens is 4. The zero-order valence-electron chi connectivity index (χ0n) is 13.4. The Morgan fingerprint density at radius 1 is 1.04 bits per heavy atom. The first kappa shape index (κ1) is 15.4. The van der Waals surface area contributed by atoms with Gasteiger partial charge in [-0.25, -0.2) is 9.48 Å². The van der Waals surface area contributed by atoms with Gasteiger partial charge in [0.05, 0.1) is 5.69 Å². The van der Waals surface area contributed by atoms with Crippen molar-refractivity contribution in [3.8, 4) is 0 Å². The maximum absolute atomic E-state index is 12.0. The van der Waals surface area contributed by atoms with Gasteiger partial charge in [-0.05, 0) is 5.56 Å². The standard InChI is InChI=1S/C15H19N5O3/c1-17-11(7-13(21)18(2)15(17)23)9-20-5-4-12-10(8-20)6-14(22)19(3)16-12/h6-7H,4-5,8-9H2,1-3H3.